The van der Waals surface area contributed by atoms with Crippen LogP contribution in [0.15, 0.2) is 0 Å². The number of methoxy groups -OCH3 is 1. The molecule has 0 bridgehead atoms. The first-order valence-corrected chi connectivity index (χ1v) is 6.15. The summed E-state index contributed by atoms with van der Waals surface area (Å²) in [5.74, 6) is -0.432. The van der Waals surface area contributed by atoms with Gasteiger partial charge in [-0.1, -0.05) is 13.8 Å². The number of carbonyl (C=O) groups excluding carboxylic acids is 2. The second kappa shape index (κ2) is 8.74. The highest BCUT2D eigenvalue weighted by atomic mass is 16.5. The number of urea groups is 1. The first-order valence-electron chi connectivity index (χ1n) is 6.15. The lowest BCUT2D eigenvalue weighted by molar-refractivity contribution is -0.143. The Hall–Kier alpha value is -1.30. The molecular formula is C12H25N3O3. The van der Waals surface area contributed by atoms with Crippen molar-refractivity contribution in [2.24, 2.45) is 5.92 Å². The van der Waals surface area contributed by atoms with E-state index in [0.29, 0.717) is 6.54 Å². The Kier molecular flexibility index (Phi) is 8.11. The number of rotatable bonds is 7. The van der Waals surface area contributed by atoms with E-state index in [1.807, 2.05) is 32.8 Å². The highest BCUT2D eigenvalue weighted by Gasteiger charge is 2.24. The molecule has 2 amide bonds. The van der Waals surface area contributed by atoms with Gasteiger partial charge in [-0.15, -0.1) is 0 Å². The molecule has 0 aliphatic rings. The van der Waals surface area contributed by atoms with E-state index in [9.17, 15) is 9.59 Å². The molecule has 0 aromatic rings. The molecule has 0 fully saturated rings. The molecule has 0 heterocycles. The van der Waals surface area contributed by atoms with Crippen LogP contribution in [0.4, 0.5) is 4.79 Å². The molecule has 0 radical (unpaired) electrons. The van der Waals surface area contributed by atoms with E-state index in [4.69, 9.17) is 0 Å². The normalized spacial score (nSPS) is 12.4. The lowest BCUT2D eigenvalue weighted by Gasteiger charge is -2.20. The quantitative estimate of drug-likeness (QED) is 0.514. The van der Waals surface area contributed by atoms with Crippen molar-refractivity contribution >= 4 is 12.0 Å². The number of amides is 2. The van der Waals surface area contributed by atoms with Crippen LogP contribution >= 0.6 is 0 Å². The highest BCUT2D eigenvalue weighted by molar-refractivity contribution is 5.83. The molecule has 0 spiro atoms. The molecule has 2 N–H and O–H groups in total. The summed E-state index contributed by atoms with van der Waals surface area (Å²) in [6, 6.07) is -0.943. The maximum absolute atomic E-state index is 11.6. The molecule has 0 saturated heterocycles. The number of hydrogen-bond donors (Lipinski definition) is 2. The summed E-state index contributed by atoms with van der Waals surface area (Å²) in [6.07, 6.45) is 0.866. The van der Waals surface area contributed by atoms with Crippen molar-refractivity contribution < 1.29 is 14.3 Å². The summed E-state index contributed by atoms with van der Waals surface area (Å²) >= 11 is 0. The number of esters is 1. The smallest absolute Gasteiger partial charge is 0.328 e. The third kappa shape index (κ3) is 7.11. The first kappa shape index (κ1) is 16.7. The van der Waals surface area contributed by atoms with Crippen LogP contribution in [0.1, 0.15) is 20.3 Å². The fraction of sp³-hybridized carbons (Fsp3) is 0.833. The van der Waals surface area contributed by atoms with Crippen LogP contribution in [-0.4, -0.2) is 57.2 Å². The van der Waals surface area contributed by atoms with Gasteiger partial charge in [-0.3, -0.25) is 0 Å². The standard InChI is InChI=1S/C12H25N3O3/c1-9(2)10(11(16)18-5)14-12(17)13-7-6-8-15(3)4/h9-10H,6-8H2,1-5H3,(H2,13,14,17). The van der Waals surface area contributed by atoms with Crippen molar-refractivity contribution in [1.82, 2.24) is 15.5 Å². The maximum Gasteiger partial charge on any atom is 0.328 e. The van der Waals surface area contributed by atoms with Crippen molar-refractivity contribution in [2.45, 2.75) is 26.3 Å². The van der Waals surface area contributed by atoms with Crippen molar-refractivity contribution in [3.8, 4) is 0 Å². The van der Waals surface area contributed by atoms with E-state index < -0.39 is 12.0 Å². The van der Waals surface area contributed by atoms with Gasteiger partial charge in [-0.05, 0) is 33.0 Å². The number of ether oxygens (including phenoxy) is 1. The van der Waals surface area contributed by atoms with Crippen molar-refractivity contribution in [2.75, 3.05) is 34.3 Å². The Labute approximate surface area is 109 Å². The summed E-state index contributed by atoms with van der Waals surface area (Å²) in [4.78, 5) is 25.1. The molecule has 1 atom stereocenters. The van der Waals surface area contributed by atoms with Crippen LogP contribution in [0.3, 0.4) is 0 Å². The van der Waals surface area contributed by atoms with Crippen LogP contribution in [0.2, 0.25) is 0 Å². The van der Waals surface area contributed by atoms with E-state index in [1.165, 1.54) is 7.11 Å². The Morgan fingerprint density at radius 1 is 1.28 bits per heavy atom. The summed E-state index contributed by atoms with van der Waals surface area (Å²) in [5, 5.41) is 5.33. The Bertz CT molecular complexity index is 267. The van der Waals surface area contributed by atoms with E-state index in [0.717, 1.165) is 13.0 Å². The van der Waals surface area contributed by atoms with Crippen molar-refractivity contribution in [3.05, 3.63) is 0 Å². The first-order chi connectivity index (χ1) is 8.38. The molecule has 0 saturated carbocycles. The molecule has 0 aliphatic heterocycles. The Morgan fingerprint density at radius 3 is 2.33 bits per heavy atom. The van der Waals surface area contributed by atoms with Crippen LogP contribution in [0.5, 0.6) is 0 Å². The average molecular weight is 259 g/mol. The minimum absolute atomic E-state index is 0.00928. The Balaban J connectivity index is 4.00. The van der Waals surface area contributed by atoms with Gasteiger partial charge in [0, 0.05) is 6.54 Å². The van der Waals surface area contributed by atoms with E-state index in [-0.39, 0.29) is 11.9 Å². The van der Waals surface area contributed by atoms with Gasteiger partial charge in [0.1, 0.15) is 6.04 Å². The minimum atomic E-state index is -0.608. The molecule has 0 aromatic carbocycles. The van der Waals surface area contributed by atoms with E-state index in [2.05, 4.69) is 15.4 Å². The maximum atomic E-state index is 11.6. The molecule has 6 heteroatoms. The zero-order valence-electron chi connectivity index (χ0n) is 11.9. The van der Waals surface area contributed by atoms with Crippen LogP contribution < -0.4 is 10.6 Å². The zero-order chi connectivity index (χ0) is 14.1. The molecule has 18 heavy (non-hydrogen) atoms. The van der Waals surface area contributed by atoms with Gasteiger partial charge in [0.2, 0.25) is 0 Å². The van der Waals surface area contributed by atoms with Gasteiger partial charge in [0.15, 0.2) is 0 Å². The third-order valence-electron chi connectivity index (χ3n) is 2.48. The van der Waals surface area contributed by atoms with Crippen LogP contribution in [0, 0.1) is 5.92 Å². The summed E-state index contributed by atoms with van der Waals surface area (Å²) < 4.78 is 4.64. The van der Waals surface area contributed by atoms with Gasteiger partial charge >= 0.3 is 12.0 Å². The number of nitrogens with zero attached hydrogens (tertiary/aromatic N) is 1. The molecule has 6 nitrogen and oxygen atoms in total. The van der Waals surface area contributed by atoms with Crippen LogP contribution in [-0.2, 0) is 9.53 Å². The average Bonchev–Trinajstić information content (AvgIpc) is 2.30. The zero-order valence-corrected chi connectivity index (χ0v) is 11.9. The van der Waals surface area contributed by atoms with E-state index in [1.54, 1.807) is 0 Å². The van der Waals surface area contributed by atoms with Gasteiger partial charge < -0.3 is 20.3 Å². The molecule has 106 valence electrons. The third-order valence-corrected chi connectivity index (χ3v) is 2.48. The number of nitrogens with one attached hydrogen (secondary N) is 2. The summed E-state index contributed by atoms with van der Waals surface area (Å²) in [5.41, 5.74) is 0. The number of hydrogen-bond acceptors (Lipinski definition) is 4. The SMILES string of the molecule is COC(=O)C(NC(=O)NCCCN(C)C)C(C)C. The monoisotopic (exact) mass is 259 g/mol. The number of carbonyl (C=O) groups is 2. The second-order valence-electron chi connectivity index (χ2n) is 4.80. The van der Waals surface area contributed by atoms with Crippen molar-refractivity contribution in [3.63, 3.8) is 0 Å². The van der Waals surface area contributed by atoms with Crippen LogP contribution in [0.25, 0.3) is 0 Å². The molecule has 1 unspecified atom stereocenters. The molecule has 0 aromatic heterocycles. The predicted molar refractivity (Wildman–Crippen MR) is 70.3 cm³/mol. The topological polar surface area (TPSA) is 70.7 Å². The minimum Gasteiger partial charge on any atom is -0.467 e. The molecule has 0 aliphatic carbocycles. The predicted octanol–water partition coefficient (Wildman–Crippen LogP) is 0.435. The lowest BCUT2D eigenvalue weighted by Crippen LogP contribution is -2.49. The van der Waals surface area contributed by atoms with E-state index >= 15 is 0 Å². The fourth-order valence-corrected chi connectivity index (χ4v) is 1.41. The summed E-state index contributed by atoms with van der Waals surface area (Å²) in [7, 11) is 5.27. The van der Waals surface area contributed by atoms with Gasteiger partial charge in [-0.2, -0.15) is 0 Å². The van der Waals surface area contributed by atoms with Crippen molar-refractivity contribution in [1.29, 1.82) is 0 Å². The molecular weight excluding hydrogens is 234 g/mol. The van der Waals surface area contributed by atoms with Gasteiger partial charge in [0.05, 0.1) is 7.11 Å². The molecule has 0 rings (SSSR count). The largest absolute Gasteiger partial charge is 0.467 e. The second-order valence-corrected chi connectivity index (χ2v) is 4.80. The van der Waals surface area contributed by atoms with Gasteiger partial charge in [0.25, 0.3) is 0 Å². The van der Waals surface area contributed by atoms with Gasteiger partial charge in [-0.25, -0.2) is 9.59 Å². The fourth-order valence-electron chi connectivity index (χ4n) is 1.41. The summed E-state index contributed by atoms with van der Waals surface area (Å²) in [6.45, 7) is 5.20. The lowest BCUT2D eigenvalue weighted by atomic mass is 10.1. The highest BCUT2D eigenvalue weighted by Crippen LogP contribution is 2.03. The Morgan fingerprint density at radius 2 is 1.89 bits per heavy atom.